The molecular weight excluding hydrogens is 453 g/mol. The van der Waals surface area contributed by atoms with E-state index in [2.05, 4.69) is 10.0 Å². The van der Waals surface area contributed by atoms with Crippen molar-refractivity contribution < 1.29 is 41.0 Å². The highest BCUT2D eigenvalue weighted by Gasteiger charge is 2.30. The molecule has 176 valence electrons. The Morgan fingerprint density at radius 3 is 2.56 bits per heavy atom. The maximum atomic E-state index is 12.7. The zero-order chi connectivity index (χ0) is 23.8. The molecule has 0 bridgehead atoms. The van der Waals surface area contributed by atoms with E-state index in [-0.39, 0.29) is 42.5 Å². The average Bonchev–Trinajstić information content (AvgIpc) is 2.76. The molecule has 8 nitrogen and oxygen atoms in total. The average molecular weight is 476 g/mol. The number of amides is 1. The highest BCUT2D eigenvalue weighted by atomic mass is 32.2. The second-order valence-electron chi connectivity index (χ2n) is 6.62. The van der Waals surface area contributed by atoms with Crippen molar-refractivity contribution in [3.05, 3.63) is 59.7 Å². The molecular formula is C20H23F3N2O6S. The van der Waals surface area contributed by atoms with Crippen LogP contribution in [0.2, 0.25) is 0 Å². The third-order valence-corrected chi connectivity index (χ3v) is 5.57. The zero-order valence-electron chi connectivity index (χ0n) is 17.1. The van der Waals surface area contributed by atoms with Gasteiger partial charge in [0.1, 0.15) is 18.5 Å². The number of ether oxygens (including phenoxy) is 2. The number of hydrogen-bond acceptors (Lipinski definition) is 6. The van der Waals surface area contributed by atoms with Crippen LogP contribution >= 0.6 is 0 Å². The molecule has 2 rings (SSSR count). The van der Waals surface area contributed by atoms with Crippen LogP contribution in [-0.2, 0) is 20.9 Å². The molecule has 0 fully saturated rings. The zero-order valence-corrected chi connectivity index (χ0v) is 17.9. The first kappa shape index (κ1) is 25.6. The minimum atomic E-state index is -4.52. The number of benzene rings is 2. The lowest BCUT2D eigenvalue weighted by atomic mass is 10.2. The minimum Gasteiger partial charge on any atom is -0.491 e. The Balaban J connectivity index is 1.90. The normalized spacial score (nSPS) is 12.9. The van der Waals surface area contributed by atoms with Crippen LogP contribution in [0.1, 0.15) is 15.9 Å². The van der Waals surface area contributed by atoms with Gasteiger partial charge in [-0.15, -0.1) is 0 Å². The van der Waals surface area contributed by atoms with Gasteiger partial charge >= 0.3 is 6.18 Å². The molecule has 2 aromatic carbocycles. The van der Waals surface area contributed by atoms with Gasteiger partial charge in [0.25, 0.3) is 5.91 Å². The van der Waals surface area contributed by atoms with Crippen LogP contribution in [0.15, 0.2) is 53.4 Å². The third kappa shape index (κ3) is 7.79. The predicted octanol–water partition coefficient (Wildman–Crippen LogP) is 1.80. The molecule has 12 heteroatoms. The first-order valence-electron chi connectivity index (χ1n) is 9.38. The van der Waals surface area contributed by atoms with Gasteiger partial charge in [-0.1, -0.05) is 12.1 Å². The predicted molar refractivity (Wildman–Crippen MR) is 109 cm³/mol. The molecule has 0 saturated heterocycles. The van der Waals surface area contributed by atoms with Crippen molar-refractivity contribution in [3.8, 4) is 5.75 Å². The number of hydrogen-bond donors (Lipinski definition) is 3. The standard InChI is InChI=1S/C20H23F3N2O6S/c1-30-9-8-25-32(28,29)18-7-2-4-14(10-18)19(27)24-12-16(26)13-31-17-6-3-5-15(11-17)20(21,22)23/h2-7,10-11,16,25-26H,8-9,12-13H2,1H3,(H,24,27). The number of methoxy groups -OCH3 is 1. The largest absolute Gasteiger partial charge is 0.491 e. The summed E-state index contributed by atoms with van der Waals surface area (Å²) in [6, 6.07) is 9.48. The molecule has 1 atom stereocenters. The molecule has 2 aromatic rings. The maximum Gasteiger partial charge on any atom is 0.416 e. The number of sulfonamides is 1. The number of nitrogens with one attached hydrogen (secondary N) is 2. The fourth-order valence-electron chi connectivity index (χ4n) is 2.49. The van der Waals surface area contributed by atoms with E-state index in [4.69, 9.17) is 9.47 Å². The summed E-state index contributed by atoms with van der Waals surface area (Å²) in [5.41, 5.74) is -0.838. The van der Waals surface area contributed by atoms with Gasteiger partial charge in [0, 0.05) is 25.8 Å². The molecule has 0 aliphatic heterocycles. The Kier molecular flexibility index (Phi) is 9.01. The van der Waals surface area contributed by atoms with Gasteiger partial charge in [-0.3, -0.25) is 4.79 Å². The van der Waals surface area contributed by atoms with Crippen LogP contribution in [-0.4, -0.2) is 58.9 Å². The van der Waals surface area contributed by atoms with Crippen LogP contribution in [0.5, 0.6) is 5.75 Å². The Bertz CT molecular complexity index is 1010. The summed E-state index contributed by atoms with van der Waals surface area (Å²) in [6.45, 7) is -0.381. The Morgan fingerprint density at radius 1 is 1.16 bits per heavy atom. The van der Waals surface area contributed by atoms with Crippen LogP contribution in [0.25, 0.3) is 0 Å². The highest BCUT2D eigenvalue weighted by Crippen LogP contribution is 2.31. The molecule has 0 aliphatic carbocycles. The monoisotopic (exact) mass is 476 g/mol. The van der Waals surface area contributed by atoms with Crippen molar-refractivity contribution >= 4 is 15.9 Å². The second-order valence-corrected chi connectivity index (χ2v) is 8.39. The molecule has 3 N–H and O–H groups in total. The molecule has 0 heterocycles. The Labute approximate surface area is 183 Å². The summed E-state index contributed by atoms with van der Waals surface area (Å²) in [6.07, 6.45) is -5.73. The second kappa shape index (κ2) is 11.3. The van der Waals surface area contributed by atoms with Crippen LogP contribution in [0.3, 0.4) is 0 Å². The molecule has 1 amide bonds. The van der Waals surface area contributed by atoms with Crippen molar-refractivity contribution in [2.45, 2.75) is 17.2 Å². The molecule has 1 unspecified atom stereocenters. The maximum absolute atomic E-state index is 12.7. The lowest BCUT2D eigenvalue weighted by Gasteiger charge is -2.15. The lowest BCUT2D eigenvalue weighted by Crippen LogP contribution is -2.35. The Morgan fingerprint density at radius 2 is 1.88 bits per heavy atom. The van der Waals surface area contributed by atoms with Crippen LogP contribution < -0.4 is 14.8 Å². The van der Waals surface area contributed by atoms with E-state index in [9.17, 15) is 31.5 Å². The van der Waals surface area contributed by atoms with E-state index in [1.165, 1.54) is 43.5 Å². The van der Waals surface area contributed by atoms with Crippen molar-refractivity contribution in [1.82, 2.24) is 10.0 Å². The summed E-state index contributed by atoms with van der Waals surface area (Å²) in [4.78, 5) is 12.2. The molecule has 0 spiro atoms. The van der Waals surface area contributed by atoms with Gasteiger partial charge in [-0.25, -0.2) is 13.1 Å². The number of halogens is 3. The molecule has 0 saturated carbocycles. The van der Waals surface area contributed by atoms with Crippen molar-refractivity contribution in [3.63, 3.8) is 0 Å². The summed E-state index contributed by atoms with van der Waals surface area (Å²) in [7, 11) is -2.40. The first-order valence-corrected chi connectivity index (χ1v) is 10.9. The highest BCUT2D eigenvalue weighted by molar-refractivity contribution is 7.89. The summed E-state index contributed by atoms with van der Waals surface area (Å²) in [5, 5.41) is 12.4. The number of carbonyl (C=O) groups excluding carboxylic acids is 1. The van der Waals surface area contributed by atoms with E-state index < -0.39 is 33.8 Å². The van der Waals surface area contributed by atoms with Gasteiger partial charge in [-0.2, -0.15) is 13.2 Å². The third-order valence-electron chi connectivity index (χ3n) is 4.11. The van der Waals surface area contributed by atoms with E-state index >= 15 is 0 Å². The number of alkyl halides is 3. The smallest absolute Gasteiger partial charge is 0.416 e. The van der Waals surface area contributed by atoms with Crippen molar-refractivity contribution in [1.29, 1.82) is 0 Å². The molecule has 0 aromatic heterocycles. The SMILES string of the molecule is COCCNS(=O)(=O)c1cccc(C(=O)NCC(O)COc2cccc(C(F)(F)F)c2)c1. The fourth-order valence-corrected chi connectivity index (χ4v) is 3.55. The van der Waals surface area contributed by atoms with Gasteiger partial charge < -0.3 is 19.9 Å². The number of carbonyl (C=O) groups is 1. The quantitative estimate of drug-likeness (QED) is 0.426. The molecule has 32 heavy (non-hydrogen) atoms. The summed E-state index contributed by atoms with van der Waals surface area (Å²) < 4.78 is 74.9. The van der Waals surface area contributed by atoms with Gasteiger partial charge in [0.05, 0.1) is 17.1 Å². The van der Waals surface area contributed by atoms with E-state index in [0.29, 0.717) is 0 Å². The van der Waals surface area contributed by atoms with Gasteiger partial charge in [0.15, 0.2) is 0 Å². The summed E-state index contributed by atoms with van der Waals surface area (Å²) >= 11 is 0. The van der Waals surface area contributed by atoms with E-state index in [1.54, 1.807) is 0 Å². The lowest BCUT2D eigenvalue weighted by molar-refractivity contribution is -0.137. The topological polar surface area (TPSA) is 114 Å². The molecule has 0 aliphatic rings. The first-order chi connectivity index (χ1) is 15.0. The van der Waals surface area contributed by atoms with E-state index in [0.717, 1.165) is 12.1 Å². The van der Waals surface area contributed by atoms with Crippen molar-refractivity contribution in [2.24, 2.45) is 0 Å². The summed E-state index contributed by atoms with van der Waals surface area (Å²) in [5.74, 6) is -0.721. The molecule has 0 radical (unpaired) electrons. The van der Waals surface area contributed by atoms with Crippen LogP contribution in [0, 0.1) is 0 Å². The number of aliphatic hydroxyl groups is 1. The van der Waals surface area contributed by atoms with Crippen molar-refractivity contribution in [2.75, 3.05) is 33.4 Å². The minimum absolute atomic E-state index is 0.0469. The van der Waals surface area contributed by atoms with Crippen LogP contribution in [0.4, 0.5) is 13.2 Å². The van der Waals surface area contributed by atoms with E-state index in [1.807, 2.05) is 0 Å². The number of rotatable bonds is 11. The fraction of sp³-hybridized carbons (Fsp3) is 0.350. The van der Waals surface area contributed by atoms with Gasteiger partial charge in [-0.05, 0) is 36.4 Å². The Hall–Kier alpha value is -2.67. The number of aliphatic hydroxyl groups excluding tert-OH is 1. The van der Waals surface area contributed by atoms with Gasteiger partial charge in [0.2, 0.25) is 10.0 Å².